The summed E-state index contributed by atoms with van der Waals surface area (Å²) in [5.74, 6) is 2.37. The summed E-state index contributed by atoms with van der Waals surface area (Å²) in [4.78, 5) is 0. The van der Waals surface area contributed by atoms with E-state index in [0.717, 1.165) is 46.1 Å². The summed E-state index contributed by atoms with van der Waals surface area (Å²) in [5, 5.41) is 8.13. The average molecular weight is 453 g/mol. The van der Waals surface area contributed by atoms with Gasteiger partial charge in [0.25, 0.3) is 0 Å². The molecule has 0 bridgehead atoms. The van der Waals surface area contributed by atoms with Crippen molar-refractivity contribution in [3.05, 3.63) is 87.4 Å². The quantitative estimate of drug-likeness (QED) is 0.477. The van der Waals surface area contributed by atoms with E-state index in [1.807, 2.05) is 53.5 Å². The van der Waals surface area contributed by atoms with Crippen molar-refractivity contribution < 1.29 is 14.2 Å². The van der Waals surface area contributed by atoms with E-state index in [9.17, 15) is 0 Å². The van der Waals surface area contributed by atoms with Crippen molar-refractivity contribution in [2.45, 2.75) is 18.7 Å². The molecule has 6 rings (SSSR count). The Bertz CT molecular complexity index is 1210. The number of fused-ring (bicyclic) bond motifs is 4. The number of hydrazone groups is 1. The molecule has 0 radical (unpaired) electrons. The largest absolute Gasteiger partial charge is 0.486 e. The van der Waals surface area contributed by atoms with Crippen LogP contribution in [0.2, 0.25) is 10.0 Å². The highest BCUT2D eigenvalue weighted by Gasteiger charge is 2.41. The van der Waals surface area contributed by atoms with Gasteiger partial charge in [0.1, 0.15) is 19.0 Å². The number of rotatable bonds is 2. The van der Waals surface area contributed by atoms with Crippen LogP contribution in [0.4, 0.5) is 0 Å². The summed E-state index contributed by atoms with van der Waals surface area (Å²) >= 11 is 12.7. The highest BCUT2D eigenvalue weighted by Crippen LogP contribution is 2.48. The molecule has 2 unspecified atom stereocenters. The molecule has 0 aliphatic carbocycles. The molecule has 3 aromatic rings. The zero-order valence-electron chi connectivity index (χ0n) is 16.4. The molecule has 0 saturated carbocycles. The van der Waals surface area contributed by atoms with Gasteiger partial charge in [-0.2, -0.15) is 5.10 Å². The maximum atomic E-state index is 6.54. The highest BCUT2D eigenvalue weighted by molar-refractivity contribution is 6.35. The number of nitrogens with zero attached hydrogens (tertiary/aromatic N) is 2. The molecule has 7 heteroatoms. The zero-order valence-corrected chi connectivity index (χ0v) is 17.9. The fourth-order valence-electron chi connectivity index (χ4n) is 4.34. The first-order chi connectivity index (χ1) is 15.2. The standard InChI is InChI=1S/C24H18Cl2N2O3/c25-15-6-7-16(18(26)12-15)24-28-20(17-3-1-2-4-21(17)31-24)13-19(27-28)14-5-8-22-23(11-14)30-10-9-29-22/h1-8,11-12,20,24H,9-10,13H2. The lowest BCUT2D eigenvalue weighted by Crippen LogP contribution is -2.33. The topological polar surface area (TPSA) is 43.3 Å². The number of ether oxygens (including phenoxy) is 3. The third-order valence-electron chi connectivity index (χ3n) is 5.80. The van der Waals surface area contributed by atoms with E-state index in [1.54, 1.807) is 6.07 Å². The van der Waals surface area contributed by atoms with Gasteiger partial charge in [0.05, 0.1) is 16.8 Å². The van der Waals surface area contributed by atoms with Crippen LogP contribution < -0.4 is 14.2 Å². The van der Waals surface area contributed by atoms with Crippen molar-refractivity contribution in [3.63, 3.8) is 0 Å². The molecule has 3 aliphatic heterocycles. The molecule has 3 heterocycles. The molecule has 0 amide bonds. The van der Waals surface area contributed by atoms with E-state index >= 15 is 0 Å². The Kier molecular flexibility index (Phi) is 4.47. The van der Waals surface area contributed by atoms with Crippen LogP contribution in [-0.4, -0.2) is 23.9 Å². The van der Waals surface area contributed by atoms with E-state index < -0.39 is 6.23 Å². The molecule has 31 heavy (non-hydrogen) atoms. The predicted octanol–water partition coefficient (Wildman–Crippen LogP) is 6.01. The van der Waals surface area contributed by atoms with Gasteiger partial charge < -0.3 is 14.2 Å². The molecule has 0 saturated heterocycles. The lowest BCUT2D eigenvalue weighted by Gasteiger charge is -2.38. The zero-order chi connectivity index (χ0) is 20.9. The highest BCUT2D eigenvalue weighted by atomic mass is 35.5. The minimum Gasteiger partial charge on any atom is -0.486 e. The number of benzene rings is 3. The third kappa shape index (κ3) is 3.20. The average Bonchev–Trinajstić information content (AvgIpc) is 3.24. The smallest absolute Gasteiger partial charge is 0.215 e. The normalized spacial score (nSPS) is 21.1. The Morgan fingerprint density at radius 3 is 2.55 bits per heavy atom. The van der Waals surface area contributed by atoms with Gasteiger partial charge in [0.15, 0.2) is 11.5 Å². The molecule has 0 spiro atoms. The van der Waals surface area contributed by atoms with Crippen LogP contribution in [0.5, 0.6) is 17.2 Å². The fourth-order valence-corrected chi connectivity index (χ4v) is 4.84. The molecule has 3 aromatic carbocycles. The van der Waals surface area contributed by atoms with Gasteiger partial charge in [-0.25, -0.2) is 5.01 Å². The molecular weight excluding hydrogens is 435 g/mol. The van der Waals surface area contributed by atoms with Crippen LogP contribution >= 0.6 is 23.2 Å². The Balaban J connectivity index is 1.43. The molecule has 0 fully saturated rings. The van der Waals surface area contributed by atoms with Crippen molar-refractivity contribution >= 4 is 28.9 Å². The van der Waals surface area contributed by atoms with Crippen molar-refractivity contribution in [1.29, 1.82) is 0 Å². The maximum absolute atomic E-state index is 6.54. The minimum atomic E-state index is -0.445. The number of para-hydroxylation sites is 1. The first-order valence-corrected chi connectivity index (χ1v) is 10.9. The lowest BCUT2D eigenvalue weighted by molar-refractivity contribution is -0.0189. The van der Waals surface area contributed by atoms with Crippen LogP contribution in [0.1, 0.15) is 35.4 Å². The van der Waals surface area contributed by atoms with Crippen LogP contribution in [0, 0.1) is 0 Å². The van der Waals surface area contributed by atoms with Gasteiger partial charge in [-0.15, -0.1) is 0 Å². The van der Waals surface area contributed by atoms with Crippen molar-refractivity contribution in [1.82, 2.24) is 5.01 Å². The van der Waals surface area contributed by atoms with Crippen molar-refractivity contribution in [2.24, 2.45) is 5.10 Å². The SMILES string of the molecule is Clc1ccc(C2Oc3ccccc3C3CC(c4ccc5c(c4)OCCO5)=NN32)c(Cl)c1. The van der Waals surface area contributed by atoms with Gasteiger partial charge in [-0.1, -0.05) is 47.5 Å². The number of hydrogen-bond acceptors (Lipinski definition) is 5. The first-order valence-electron chi connectivity index (χ1n) is 10.1. The van der Waals surface area contributed by atoms with Crippen LogP contribution in [0.15, 0.2) is 65.8 Å². The second-order valence-electron chi connectivity index (χ2n) is 7.68. The van der Waals surface area contributed by atoms with Crippen molar-refractivity contribution in [3.8, 4) is 17.2 Å². The molecular formula is C24H18Cl2N2O3. The molecule has 156 valence electrons. The van der Waals surface area contributed by atoms with E-state index in [1.165, 1.54) is 0 Å². The second-order valence-corrected chi connectivity index (χ2v) is 8.52. The van der Waals surface area contributed by atoms with Crippen molar-refractivity contribution in [2.75, 3.05) is 13.2 Å². The first kappa shape index (κ1) is 18.8. The minimum absolute atomic E-state index is 0.0462. The molecule has 0 N–H and O–H groups in total. The van der Waals surface area contributed by atoms with Crippen LogP contribution in [0.25, 0.3) is 0 Å². The predicted molar refractivity (Wildman–Crippen MR) is 119 cm³/mol. The van der Waals surface area contributed by atoms with Gasteiger partial charge in [0, 0.05) is 28.1 Å². The van der Waals surface area contributed by atoms with Crippen LogP contribution in [-0.2, 0) is 0 Å². The summed E-state index contributed by atoms with van der Waals surface area (Å²) in [7, 11) is 0. The van der Waals surface area contributed by atoms with Gasteiger partial charge in [-0.3, -0.25) is 0 Å². The number of halogens is 2. The Morgan fingerprint density at radius 1 is 0.839 bits per heavy atom. The van der Waals surface area contributed by atoms with Gasteiger partial charge in [-0.05, 0) is 36.4 Å². The van der Waals surface area contributed by atoms with E-state index in [-0.39, 0.29) is 6.04 Å². The molecule has 0 aromatic heterocycles. The van der Waals surface area contributed by atoms with E-state index in [4.69, 9.17) is 42.5 Å². The Labute approximate surface area is 189 Å². The maximum Gasteiger partial charge on any atom is 0.215 e. The summed E-state index contributed by atoms with van der Waals surface area (Å²) in [5.41, 5.74) is 3.92. The summed E-state index contributed by atoms with van der Waals surface area (Å²) in [6.45, 7) is 1.12. The Hall–Kier alpha value is -2.89. The van der Waals surface area contributed by atoms with Crippen LogP contribution in [0.3, 0.4) is 0 Å². The monoisotopic (exact) mass is 452 g/mol. The van der Waals surface area contributed by atoms with E-state index in [0.29, 0.717) is 23.3 Å². The summed E-state index contributed by atoms with van der Waals surface area (Å²) in [6.07, 6.45) is 0.307. The van der Waals surface area contributed by atoms with Gasteiger partial charge >= 0.3 is 0 Å². The fraction of sp³-hybridized carbons (Fsp3) is 0.208. The summed E-state index contributed by atoms with van der Waals surface area (Å²) in [6, 6.07) is 19.6. The van der Waals surface area contributed by atoms with Gasteiger partial charge in [0.2, 0.25) is 6.23 Å². The third-order valence-corrected chi connectivity index (χ3v) is 6.37. The van der Waals surface area contributed by atoms with E-state index in [2.05, 4.69) is 6.07 Å². The lowest BCUT2D eigenvalue weighted by atomic mass is 9.95. The number of hydrogen-bond donors (Lipinski definition) is 0. The summed E-state index contributed by atoms with van der Waals surface area (Å²) < 4.78 is 17.8. The second kappa shape index (κ2) is 7.36. The molecule has 5 nitrogen and oxygen atoms in total. The molecule has 3 aliphatic rings. The molecule has 2 atom stereocenters. The Morgan fingerprint density at radius 2 is 1.68 bits per heavy atom.